The van der Waals surface area contributed by atoms with Gasteiger partial charge in [-0.3, -0.25) is 33.6 Å². The van der Waals surface area contributed by atoms with Crippen LogP contribution in [0.4, 0.5) is 4.79 Å². The van der Waals surface area contributed by atoms with Gasteiger partial charge < -0.3 is 51.8 Å². The predicted molar refractivity (Wildman–Crippen MR) is 398 cm³/mol. The molecule has 1 amide bonds. The Morgan fingerprint density at radius 1 is 0.430 bits per heavy atom. The molecule has 0 saturated carbocycles. The zero-order valence-corrected chi connectivity index (χ0v) is 61.7. The summed E-state index contributed by atoms with van der Waals surface area (Å²) in [5.41, 5.74) is 9.19. The number of aromatic nitrogens is 4. The smallest absolute Gasteiger partial charge is 0.308 e. The number of nitrogens with zero attached hydrogens (tertiary/aromatic N) is 6. The van der Waals surface area contributed by atoms with Crippen molar-refractivity contribution in [3.63, 3.8) is 0 Å². The molecule has 4 heterocycles. The molecule has 0 radical (unpaired) electrons. The Balaban J connectivity index is 0.874. The second-order valence-corrected chi connectivity index (χ2v) is 28.3. The number of carbonyl (C=O) groups is 7. The van der Waals surface area contributed by atoms with E-state index in [1.807, 2.05) is 90.3 Å². The lowest BCUT2D eigenvalue weighted by molar-refractivity contribution is -0.169. The number of fused-ring (bicyclic) bond motifs is 4. The molecular formula is C81H108N6O12S. The number of thioether (sulfide) groups is 1. The molecule has 4 atom stereocenters. The third-order valence-corrected chi connectivity index (χ3v) is 20.3. The number of esters is 5. The molecule has 0 bridgehead atoms. The molecule has 540 valence electrons. The van der Waals surface area contributed by atoms with E-state index in [1.165, 1.54) is 11.8 Å². The van der Waals surface area contributed by atoms with E-state index in [1.54, 1.807) is 4.90 Å². The predicted octanol–water partition coefficient (Wildman–Crippen LogP) is 15.3. The maximum absolute atomic E-state index is 14.1. The van der Waals surface area contributed by atoms with E-state index >= 15 is 0 Å². The van der Waals surface area contributed by atoms with Gasteiger partial charge in [-0.1, -0.05) is 112 Å². The second-order valence-electron chi connectivity index (χ2n) is 27.3. The van der Waals surface area contributed by atoms with E-state index < -0.39 is 53.6 Å². The molecule has 4 unspecified atom stereocenters. The maximum Gasteiger partial charge on any atom is 0.308 e. The molecule has 0 spiro atoms. The van der Waals surface area contributed by atoms with Crippen molar-refractivity contribution in [2.24, 2.45) is 29.6 Å². The van der Waals surface area contributed by atoms with Gasteiger partial charge in [-0.15, -0.1) is 0 Å². The largest absolute Gasteiger partial charge is 0.465 e. The zero-order valence-electron chi connectivity index (χ0n) is 60.9. The van der Waals surface area contributed by atoms with Gasteiger partial charge in [0.25, 0.3) is 5.24 Å². The number of hydrogen-bond donors (Lipinski definition) is 0. The van der Waals surface area contributed by atoms with Gasteiger partial charge in [-0.25, -0.2) is 0 Å². The maximum atomic E-state index is 14.1. The normalized spacial score (nSPS) is 13.5. The zero-order chi connectivity index (χ0) is 71.7. The minimum absolute atomic E-state index is 0.0184. The van der Waals surface area contributed by atoms with Crippen LogP contribution in [0, 0.1) is 29.6 Å². The molecule has 100 heavy (non-hydrogen) atoms. The average molecular weight is 1390 g/mol. The van der Waals surface area contributed by atoms with Crippen molar-refractivity contribution in [1.29, 1.82) is 0 Å². The van der Waals surface area contributed by atoms with Gasteiger partial charge in [0.15, 0.2) is 6.10 Å². The van der Waals surface area contributed by atoms with E-state index in [2.05, 4.69) is 124 Å². The van der Waals surface area contributed by atoms with Crippen molar-refractivity contribution >= 4 is 96.2 Å². The standard InChI is InChI=1S/C81H108N6O12S/c1-11-83-49-62(68-27-15-19-31-72(68)83)40-36-57(5)77(90)95-53-61(54-96-78(91)58(6)37-41-63-50-84(12-2)73-32-20-16-28-69(63)73)48-66(88)26-23-45-87(81(94)100-47-25-44-82(9)10)46-24-35-76(89)99-67(55-97-79(92)59(7)38-42-64-51-85(13-3)74-33-21-17-29-70(64)74)56-98-80(93)60(8)39-43-65-52-86(14-4)75-34-22-18-30-71(65)75/h15-22,27-34,49-52,57-61,67H,11-14,23-26,35-48,53-56H2,1-10H3. The topological polar surface area (TPSA) is 192 Å². The molecule has 18 nitrogen and oxygen atoms in total. The molecule has 8 aromatic rings. The number of amides is 1. The van der Waals surface area contributed by atoms with Crippen molar-refractivity contribution < 1.29 is 57.2 Å². The summed E-state index contributed by atoms with van der Waals surface area (Å²) in [6, 6.07) is 32.9. The molecule has 4 aromatic heterocycles. The lowest BCUT2D eigenvalue weighted by Crippen LogP contribution is -2.33. The van der Waals surface area contributed by atoms with Crippen molar-refractivity contribution in [3.8, 4) is 0 Å². The second kappa shape index (κ2) is 39.2. The summed E-state index contributed by atoms with van der Waals surface area (Å²) in [6.45, 7) is 19.4. The van der Waals surface area contributed by atoms with Crippen molar-refractivity contribution in [2.75, 3.05) is 65.9 Å². The summed E-state index contributed by atoms with van der Waals surface area (Å²) < 4.78 is 38.4. The van der Waals surface area contributed by atoms with Crippen LogP contribution >= 0.6 is 11.8 Å². The number of rotatable bonds is 43. The third-order valence-electron chi connectivity index (χ3n) is 19.3. The number of Topliss-reactive ketones (excluding diaryl/α,β-unsaturated/α-hetero) is 1. The van der Waals surface area contributed by atoms with Crippen molar-refractivity contribution in [3.05, 3.63) is 144 Å². The van der Waals surface area contributed by atoms with Crippen LogP contribution in [0.25, 0.3) is 43.6 Å². The van der Waals surface area contributed by atoms with E-state index in [0.717, 1.165) is 105 Å². The molecule has 0 N–H and O–H groups in total. The van der Waals surface area contributed by atoms with Gasteiger partial charge in [0, 0.05) is 139 Å². The quantitative estimate of drug-likeness (QED) is 0.0199. The summed E-state index contributed by atoms with van der Waals surface area (Å²) in [4.78, 5) is 100. The van der Waals surface area contributed by atoms with Crippen LogP contribution in [0.1, 0.15) is 142 Å². The van der Waals surface area contributed by atoms with Gasteiger partial charge in [0.1, 0.15) is 19.0 Å². The first kappa shape index (κ1) is 77.6. The number of carbonyl (C=O) groups excluding carboxylic acids is 7. The van der Waals surface area contributed by atoms with Crippen molar-refractivity contribution in [2.45, 2.75) is 178 Å². The third kappa shape index (κ3) is 22.2. The monoisotopic (exact) mass is 1390 g/mol. The first-order valence-corrected chi connectivity index (χ1v) is 37.5. The summed E-state index contributed by atoms with van der Waals surface area (Å²) >= 11 is 1.19. The fourth-order valence-electron chi connectivity index (χ4n) is 13.2. The molecular weight excluding hydrogens is 1280 g/mol. The SMILES string of the molecule is CCn1cc(CCC(C)C(=O)OCC(COC(=O)C(C)CCc2cn(CC)c3ccccc23)CC(=O)CCCN(CCCC(=O)OC(COC(=O)C(C)CCc2cn(CC)c3ccccc23)COC(=O)C(C)CCc2cn(CC)c3ccccc23)C(=O)SCCCN(C)C)c2ccccc21. The Bertz CT molecular complexity index is 3530. The van der Waals surface area contributed by atoms with E-state index in [9.17, 15) is 33.6 Å². The Morgan fingerprint density at radius 2 is 0.760 bits per heavy atom. The van der Waals surface area contributed by atoms with Gasteiger partial charge in [-0.05, 0) is 165 Å². The molecule has 4 aromatic carbocycles. The van der Waals surface area contributed by atoms with Gasteiger partial charge in [0.2, 0.25) is 0 Å². The minimum Gasteiger partial charge on any atom is -0.465 e. The highest BCUT2D eigenvalue weighted by Gasteiger charge is 2.28. The molecule has 0 aliphatic rings. The number of aryl methyl sites for hydroxylation is 8. The van der Waals surface area contributed by atoms with Crippen LogP contribution in [0.15, 0.2) is 122 Å². The fraction of sp³-hybridized carbons (Fsp3) is 0.519. The number of para-hydroxylation sites is 4. The van der Waals surface area contributed by atoms with Crippen LogP contribution in [-0.2, 0) is 104 Å². The highest BCUT2D eigenvalue weighted by Crippen LogP contribution is 2.29. The van der Waals surface area contributed by atoms with E-state index in [4.69, 9.17) is 23.7 Å². The summed E-state index contributed by atoms with van der Waals surface area (Å²) in [7, 11) is 3.95. The fourth-order valence-corrected chi connectivity index (χ4v) is 14.0. The van der Waals surface area contributed by atoms with Gasteiger partial charge in [0.05, 0.1) is 36.9 Å². The lowest BCUT2D eigenvalue weighted by atomic mass is 9.99. The van der Waals surface area contributed by atoms with Crippen LogP contribution in [0.3, 0.4) is 0 Å². The Morgan fingerprint density at radius 3 is 1.10 bits per heavy atom. The average Bonchev–Trinajstić information content (AvgIpc) is 1.70. The number of ether oxygens (including phenoxy) is 5. The van der Waals surface area contributed by atoms with Crippen LogP contribution in [0.2, 0.25) is 0 Å². The van der Waals surface area contributed by atoms with Gasteiger partial charge >= 0.3 is 29.8 Å². The van der Waals surface area contributed by atoms with Gasteiger partial charge in [-0.2, -0.15) is 0 Å². The van der Waals surface area contributed by atoms with Crippen LogP contribution in [-0.4, -0.2) is 141 Å². The van der Waals surface area contributed by atoms with Crippen LogP contribution < -0.4 is 0 Å². The Hall–Kier alpha value is -8.16. The number of benzene rings is 4. The highest BCUT2D eigenvalue weighted by molar-refractivity contribution is 8.13. The first-order valence-electron chi connectivity index (χ1n) is 36.5. The molecule has 0 aliphatic heterocycles. The lowest BCUT2D eigenvalue weighted by Gasteiger charge is -2.23. The molecule has 0 saturated heterocycles. The summed E-state index contributed by atoms with van der Waals surface area (Å²) in [5, 5.41) is 4.43. The summed E-state index contributed by atoms with van der Waals surface area (Å²) in [5.74, 6) is -4.32. The molecule has 8 rings (SSSR count). The highest BCUT2D eigenvalue weighted by atomic mass is 32.2. The Labute approximate surface area is 595 Å². The molecule has 19 heteroatoms. The molecule has 0 aliphatic carbocycles. The van der Waals surface area contributed by atoms with Crippen molar-refractivity contribution in [1.82, 2.24) is 28.1 Å². The summed E-state index contributed by atoms with van der Waals surface area (Å²) in [6.07, 6.45) is 13.6. The first-order chi connectivity index (χ1) is 48.3. The van der Waals surface area contributed by atoms with E-state index in [0.29, 0.717) is 63.5 Å². The van der Waals surface area contributed by atoms with E-state index in [-0.39, 0.29) is 88.2 Å². The number of ketones is 1. The number of hydrogen-bond acceptors (Lipinski definition) is 14. The minimum atomic E-state index is -1.10. The van der Waals surface area contributed by atoms with Crippen LogP contribution in [0.5, 0.6) is 0 Å². The molecule has 0 fully saturated rings. The Kier molecular flexibility index (Phi) is 30.4.